The Bertz CT molecular complexity index is 697. The van der Waals surface area contributed by atoms with Crippen LogP contribution < -0.4 is 11.3 Å². The molecule has 1 aliphatic heterocycles. The number of nitrogens with two attached hydrogens (primary N) is 1. The minimum Gasteiger partial charge on any atom is -0.394 e. The van der Waals surface area contributed by atoms with E-state index in [1.807, 2.05) is 0 Å². The van der Waals surface area contributed by atoms with Crippen molar-refractivity contribution in [1.82, 2.24) is 19.5 Å². The van der Waals surface area contributed by atoms with Crippen LogP contribution in [-0.4, -0.2) is 59.8 Å². The largest absolute Gasteiger partial charge is 0.394 e. The molecule has 0 radical (unpaired) electrons. The number of ether oxygens (including phenoxy) is 1. The molecule has 0 aliphatic carbocycles. The summed E-state index contributed by atoms with van der Waals surface area (Å²) in [6, 6.07) is 0. The number of nitrogens with one attached hydrogen (secondary N) is 1. The van der Waals surface area contributed by atoms with Gasteiger partial charge in [0.05, 0.1) is 12.9 Å². The molecule has 0 spiro atoms. The van der Waals surface area contributed by atoms with Crippen LogP contribution in [0.15, 0.2) is 11.1 Å². The van der Waals surface area contributed by atoms with Gasteiger partial charge >= 0.3 is 0 Å². The van der Waals surface area contributed by atoms with Crippen molar-refractivity contribution in [3.05, 3.63) is 16.7 Å². The molecule has 3 heterocycles. The molecule has 1 fully saturated rings. The van der Waals surface area contributed by atoms with Crippen LogP contribution in [0.25, 0.3) is 11.2 Å². The van der Waals surface area contributed by atoms with Gasteiger partial charge in [-0.05, 0) is 0 Å². The van der Waals surface area contributed by atoms with Crippen LogP contribution in [-0.2, 0) is 4.74 Å². The first kappa shape index (κ1) is 13.0. The van der Waals surface area contributed by atoms with Gasteiger partial charge in [-0.15, -0.1) is 0 Å². The van der Waals surface area contributed by atoms with Gasteiger partial charge in [-0.3, -0.25) is 14.3 Å². The van der Waals surface area contributed by atoms with Crippen molar-refractivity contribution in [2.75, 3.05) is 12.3 Å². The molecular formula is C10H13N5O5. The van der Waals surface area contributed by atoms with Crippen molar-refractivity contribution < 1.29 is 20.1 Å². The van der Waals surface area contributed by atoms with Gasteiger partial charge in [0, 0.05) is 0 Å². The van der Waals surface area contributed by atoms with E-state index in [0.717, 1.165) is 0 Å². The number of nitrogens with zero attached hydrogens (tertiary/aromatic N) is 3. The van der Waals surface area contributed by atoms with E-state index in [1.165, 1.54) is 10.9 Å². The Balaban J connectivity index is 2.09. The number of rotatable bonds is 2. The predicted molar refractivity (Wildman–Crippen MR) is 65.6 cm³/mol. The van der Waals surface area contributed by atoms with Crippen molar-refractivity contribution in [2.45, 2.75) is 24.5 Å². The number of aromatic nitrogens is 4. The zero-order valence-electron chi connectivity index (χ0n) is 10.2. The van der Waals surface area contributed by atoms with Gasteiger partial charge in [0.15, 0.2) is 17.4 Å². The Morgan fingerprint density at radius 3 is 2.85 bits per heavy atom. The Kier molecular flexibility index (Phi) is 2.94. The molecule has 4 atom stereocenters. The average Bonchev–Trinajstić information content (AvgIpc) is 2.93. The van der Waals surface area contributed by atoms with E-state index >= 15 is 0 Å². The average molecular weight is 283 g/mol. The molecule has 10 heteroatoms. The first-order chi connectivity index (χ1) is 9.52. The minimum absolute atomic E-state index is 0.0388. The van der Waals surface area contributed by atoms with Crippen molar-refractivity contribution in [3.63, 3.8) is 0 Å². The SMILES string of the molecule is Nc1nc2c(ncn2[C@H]2O[C@@H](CO)[C@@H](O)C2O)c(=O)[nH]1. The fourth-order valence-corrected chi connectivity index (χ4v) is 2.24. The van der Waals surface area contributed by atoms with Crippen LogP contribution in [0.3, 0.4) is 0 Å². The predicted octanol–water partition coefficient (Wildman–Crippen LogP) is -2.69. The van der Waals surface area contributed by atoms with Gasteiger partial charge in [0.1, 0.15) is 18.3 Å². The zero-order valence-corrected chi connectivity index (χ0v) is 10.2. The number of anilines is 1. The van der Waals surface area contributed by atoms with E-state index in [2.05, 4.69) is 15.0 Å². The lowest BCUT2D eigenvalue weighted by atomic mass is 10.1. The maximum absolute atomic E-state index is 11.7. The molecule has 1 saturated heterocycles. The molecule has 108 valence electrons. The van der Waals surface area contributed by atoms with E-state index in [-0.39, 0.29) is 17.1 Å². The molecular weight excluding hydrogens is 270 g/mol. The molecule has 1 unspecified atom stereocenters. The van der Waals surface area contributed by atoms with Crippen molar-refractivity contribution >= 4 is 17.1 Å². The molecule has 6 N–H and O–H groups in total. The molecule has 10 nitrogen and oxygen atoms in total. The molecule has 0 aromatic carbocycles. The molecule has 0 bridgehead atoms. The number of hydrogen-bond acceptors (Lipinski definition) is 8. The van der Waals surface area contributed by atoms with Crippen molar-refractivity contribution in [1.29, 1.82) is 0 Å². The number of fused-ring (bicyclic) bond motifs is 1. The van der Waals surface area contributed by atoms with Gasteiger partial charge in [-0.2, -0.15) is 4.98 Å². The highest BCUT2D eigenvalue weighted by Gasteiger charge is 2.44. The monoisotopic (exact) mass is 283 g/mol. The quantitative estimate of drug-likeness (QED) is 0.398. The van der Waals surface area contributed by atoms with E-state index < -0.39 is 36.7 Å². The number of nitrogen functional groups attached to an aromatic ring is 1. The Morgan fingerprint density at radius 2 is 2.20 bits per heavy atom. The summed E-state index contributed by atoms with van der Waals surface area (Å²) in [5, 5.41) is 28.7. The fourth-order valence-electron chi connectivity index (χ4n) is 2.24. The molecule has 3 rings (SSSR count). The number of aliphatic hydroxyl groups excluding tert-OH is 3. The standard InChI is InChI=1S/C10H13N5O5/c11-10-13-7-4(8(19)14-10)12-2-15(7)9-6(18)5(17)3(1-16)20-9/h2-3,5-6,9,16-18H,1H2,(H3,11,13,14,19)/t3-,5+,6?,9-/m0/s1. The van der Waals surface area contributed by atoms with Crippen molar-refractivity contribution in [2.24, 2.45) is 0 Å². The first-order valence-electron chi connectivity index (χ1n) is 5.87. The summed E-state index contributed by atoms with van der Waals surface area (Å²) in [6.07, 6.45) is -3.21. The summed E-state index contributed by atoms with van der Waals surface area (Å²) in [6.45, 7) is -0.447. The summed E-state index contributed by atoms with van der Waals surface area (Å²) in [5.74, 6) is -0.101. The maximum Gasteiger partial charge on any atom is 0.280 e. The second-order valence-electron chi connectivity index (χ2n) is 4.50. The topological polar surface area (TPSA) is 160 Å². The van der Waals surface area contributed by atoms with Crippen LogP contribution in [0.2, 0.25) is 0 Å². The third-order valence-corrected chi connectivity index (χ3v) is 3.24. The highest BCUT2D eigenvalue weighted by Crippen LogP contribution is 2.30. The fraction of sp³-hybridized carbons (Fsp3) is 0.500. The molecule has 0 saturated carbocycles. The van der Waals surface area contributed by atoms with Crippen LogP contribution in [0, 0.1) is 0 Å². The van der Waals surface area contributed by atoms with Gasteiger partial charge < -0.3 is 25.8 Å². The summed E-state index contributed by atoms with van der Waals surface area (Å²) >= 11 is 0. The van der Waals surface area contributed by atoms with E-state index in [0.29, 0.717) is 0 Å². The lowest BCUT2D eigenvalue weighted by molar-refractivity contribution is -0.0511. The van der Waals surface area contributed by atoms with Gasteiger partial charge in [-0.1, -0.05) is 0 Å². The van der Waals surface area contributed by atoms with E-state index in [1.54, 1.807) is 0 Å². The van der Waals surface area contributed by atoms with Crippen LogP contribution in [0.1, 0.15) is 6.23 Å². The number of aromatic amines is 1. The summed E-state index contributed by atoms with van der Waals surface area (Å²) in [4.78, 5) is 21.8. The second kappa shape index (κ2) is 4.52. The lowest BCUT2D eigenvalue weighted by Crippen LogP contribution is -2.33. The minimum atomic E-state index is -1.29. The smallest absolute Gasteiger partial charge is 0.280 e. The number of aliphatic hydroxyl groups is 3. The van der Waals surface area contributed by atoms with Gasteiger partial charge in [-0.25, -0.2) is 4.98 Å². The van der Waals surface area contributed by atoms with Crippen molar-refractivity contribution in [3.8, 4) is 0 Å². The van der Waals surface area contributed by atoms with Crippen LogP contribution in [0.4, 0.5) is 5.95 Å². The number of H-pyrrole nitrogens is 1. The summed E-state index contributed by atoms with van der Waals surface area (Å²) < 4.78 is 6.64. The maximum atomic E-state index is 11.7. The van der Waals surface area contributed by atoms with Crippen LogP contribution >= 0.6 is 0 Å². The molecule has 2 aromatic rings. The molecule has 20 heavy (non-hydrogen) atoms. The van der Waals surface area contributed by atoms with E-state index in [4.69, 9.17) is 15.6 Å². The summed E-state index contributed by atoms with van der Waals surface area (Å²) in [7, 11) is 0. The zero-order chi connectivity index (χ0) is 14.4. The highest BCUT2D eigenvalue weighted by atomic mass is 16.6. The van der Waals surface area contributed by atoms with Crippen LogP contribution in [0.5, 0.6) is 0 Å². The molecule has 2 aromatic heterocycles. The first-order valence-corrected chi connectivity index (χ1v) is 5.87. The summed E-state index contributed by atoms with van der Waals surface area (Å²) in [5.41, 5.74) is 5.12. The Morgan fingerprint density at radius 1 is 1.45 bits per heavy atom. The van der Waals surface area contributed by atoms with E-state index in [9.17, 15) is 15.0 Å². The van der Waals surface area contributed by atoms with Gasteiger partial charge in [0.25, 0.3) is 5.56 Å². The molecule has 0 amide bonds. The Hall–Kier alpha value is -2.01. The lowest BCUT2D eigenvalue weighted by Gasteiger charge is -2.16. The third kappa shape index (κ3) is 1.78. The molecule has 1 aliphatic rings. The second-order valence-corrected chi connectivity index (χ2v) is 4.50. The number of hydrogen-bond donors (Lipinski definition) is 5. The van der Waals surface area contributed by atoms with Gasteiger partial charge in [0.2, 0.25) is 5.95 Å². The third-order valence-electron chi connectivity index (χ3n) is 3.24. The Labute approximate surface area is 111 Å². The normalized spacial score (nSPS) is 30.1. The highest BCUT2D eigenvalue weighted by molar-refractivity contribution is 5.70. The number of imidazole rings is 1.